The predicted molar refractivity (Wildman–Crippen MR) is 127 cm³/mol. The molecule has 0 bridgehead atoms. The number of carboxylic acid groups (broad SMARTS) is 1. The number of sulfonamides is 1. The van der Waals surface area contributed by atoms with Gasteiger partial charge < -0.3 is 21.9 Å². The third-order valence-corrected chi connectivity index (χ3v) is 5.72. The Morgan fingerprint density at radius 1 is 0.941 bits per heavy atom. The molecule has 0 aromatic heterocycles. The SMILES string of the molecule is NC(=O)c1cc(/C=C/C(=O)Nc2ccc(C(=O)O)cc2)cc(-c2ccc(S(N)(=O)=O)cc2)c1N. The van der Waals surface area contributed by atoms with Crippen molar-refractivity contribution in [2.75, 3.05) is 11.1 Å². The lowest BCUT2D eigenvalue weighted by atomic mass is 9.96. The van der Waals surface area contributed by atoms with E-state index in [0.29, 0.717) is 22.4 Å². The minimum absolute atomic E-state index is 0.0253. The van der Waals surface area contributed by atoms with Crippen molar-refractivity contribution in [1.29, 1.82) is 0 Å². The van der Waals surface area contributed by atoms with Crippen LogP contribution in [0.15, 0.2) is 71.6 Å². The molecule has 0 aliphatic rings. The average molecular weight is 481 g/mol. The number of anilines is 2. The van der Waals surface area contributed by atoms with Crippen LogP contribution in [0.3, 0.4) is 0 Å². The first-order valence-corrected chi connectivity index (χ1v) is 11.2. The van der Waals surface area contributed by atoms with E-state index in [0.717, 1.165) is 0 Å². The van der Waals surface area contributed by atoms with Gasteiger partial charge in [-0.1, -0.05) is 12.1 Å². The van der Waals surface area contributed by atoms with Crippen LogP contribution < -0.4 is 21.9 Å². The van der Waals surface area contributed by atoms with E-state index < -0.39 is 27.8 Å². The maximum atomic E-state index is 12.3. The van der Waals surface area contributed by atoms with Crippen LogP contribution in [0, 0.1) is 0 Å². The van der Waals surface area contributed by atoms with Crippen molar-refractivity contribution >= 4 is 45.3 Å². The summed E-state index contributed by atoms with van der Waals surface area (Å²) in [6.45, 7) is 0. The molecule has 10 nitrogen and oxygen atoms in total. The summed E-state index contributed by atoms with van der Waals surface area (Å²) in [5, 5.41) is 16.6. The smallest absolute Gasteiger partial charge is 0.335 e. The highest BCUT2D eigenvalue weighted by Crippen LogP contribution is 2.31. The van der Waals surface area contributed by atoms with Gasteiger partial charge in [-0.15, -0.1) is 0 Å². The molecule has 8 N–H and O–H groups in total. The minimum Gasteiger partial charge on any atom is -0.478 e. The van der Waals surface area contributed by atoms with Gasteiger partial charge in [0.25, 0.3) is 5.91 Å². The Hall–Kier alpha value is -4.48. The summed E-state index contributed by atoms with van der Waals surface area (Å²) < 4.78 is 23.0. The molecule has 0 fully saturated rings. The third kappa shape index (κ3) is 5.65. The standard InChI is InChI=1S/C23H20N4O6S/c24-21-18(14-4-8-17(9-5-14)34(26,32)33)11-13(12-19(21)22(25)29)1-10-20(28)27-16-6-2-15(3-7-16)23(30)31/h1-12H,24H2,(H2,25,29)(H,27,28)(H,30,31)(H2,26,32,33)/b10-1+. The van der Waals surface area contributed by atoms with E-state index in [9.17, 15) is 22.8 Å². The molecule has 0 radical (unpaired) electrons. The summed E-state index contributed by atoms with van der Waals surface area (Å²) in [6.07, 6.45) is 2.66. The lowest BCUT2D eigenvalue weighted by Crippen LogP contribution is -2.14. The molecular formula is C23H20N4O6S. The summed E-state index contributed by atoms with van der Waals surface area (Å²) in [4.78, 5) is 35.0. The van der Waals surface area contributed by atoms with Gasteiger partial charge in [0.05, 0.1) is 21.7 Å². The summed E-state index contributed by atoms with van der Waals surface area (Å²) >= 11 is 0. The number of hydrogen-bond donors (Lipinski definition) is 5. The summed E-state index contributed by atoms with van der Waals surface area (Å²) in [5.41, 5.74) is 13.5. The largest absolute Gasteiger partial charge is 0.478 e. The normalized spacial score (nSPS) is 11.3. The zero-order valence-electron chi connectivity index (χ0n) is 17.6. The van der Waals surface area contributed by atoms with Crippen LogP contribution in [-0.4, -0.2) is 31.3 Å². The monoisotopic (exact) mass is 480 g/mol. The third-order valence-electron chi connectivity index (χ3n) is 4.79. The van der Waals surface area contributed by atoms with Crippen LogP contribution in [0.2, 0.25) is 0 Å². The van der Waals surface area contributed by atoms with Gasteiger partial charge in [-0.25, -0.2) is 18.4 Å². The molecule has 3 aromatic carbocycles. The Bertz CT molecular complexity index is 1410. The van der Waals surface area contributed by atoms with Crippen molar-refractivity contribution < 1.29 is 27.9 Å². The lowest BCUT2D eigenvalue weighted by molar-refractivity contribution is -0.111. The molecule has 0 spiro atoms. The lowest BCUT2D eigenvalue weighted by Gasteiger charge is -2.12. The van der Waals surface area contributed by atoms with Crippen LogP contribution in [0.4, 0.5) is 11.4 Å². The number of carbonyl (C=O) groups is 3. The number of amides is 2. The highest BCUT2D eigenvalue weighted by atomic mass is 32.2. The van der Waals surface area contributed by atoms with E-state index in [1.807, 2.05) is 0 Å². The zero-order chi connectivity index (χ0) is 25.0. The van der Waals surface area contributed by atoms with Crippen molar-refractivity contribution in [3.05, 3.63) is 83.4 Å². The van der Waals surface area contributed by atoms with Crippen LogP contribution in [0.25, 0.3) is 17.2 Å². The second kappa shape index (κ2) is 9.57. The number of hydrogen-bond acceptors (Lipinski definition) is 6. The van der Waals surface area contributed by atoms with Gasteiger partial charge in [0.15, 0.2) is 0 Å². The van der Waals surface area contributed by atoms with Crippen LogP contribution in [-0.2, 0) is 14.8 Å². The Morgan fingerprint density at radius 2 is 1.56 bits per heavy atom. The molecule has 34 heavy (non-hydrogen) atoms. The minimum atomic E-state index is -3.88. The molecule has 3 aromatic rings. The second-order valence-electron chi connectivity index (χ2n) is 7.17. The highest BCUT2D eigenvalue weighted by molar-refractivity contribution is 7.89. The maximum Gasteiger partial charge on any atom is 0.335 e. The fourth-order valence-corrected chi connectivity index (χ4v) is 3.61. The first-order valence-electron chi connectivity index (χ1n) is 9.64. The number of primary sulfonamides is 1. The molecule has 174 valence electrons. The number of carbonyl (C=O) groups excluding carboxylic acids is 2. The summed E-state index contributed by atoms with van der Waals surface area (Å²) in [5.74, 6) is -2.36. The van der Waals surface area contributed by atoms with E-state index in [4.69, 9.17) is 21.7 Å². The molecule has 3 rings (SSSR count). The van der Waals surface area contributed by atoms with Crippen molar-refractivity contribution in [3.8, 4) is 11.1 Å². The molecule has 0 aliphatic heterocycles. The molecule has 0 unspecified atom stereocenters. The number of aromatic carboxylic acids is 1. The van der Waals surface area contributed by atoms with E-state index in [1.165, 1.54) is 66.7 Å². The summed E-state index contributed by atoms with van der Waals surface area (Å²) in [6, 6.07) is 14.2. The Balaban J connectivity index is 1.90. The predicted octanol–water partition coefficient (Wildman–Crippen LogP) is 2.03. The Labute approximate surface area is 194 Å². The van der Waals surface area contributed by atoms with Crippen molar-refractivity contribution in [2.45, 2.75) is 4.90 Å². The fourth-order valence-electron chi connectivity index (χ4n) is 3.09. The molecule has 0 saturated heterocycles. The van der Waals surface area contributed by atoms with E-state index >= 15 is 0 Å². The average Bonchev–Trinajstić information content (AvgIpc) is 2.78. The van der Waals surface area contributed by atoms with Gasteiger partial charge in [0.2, 0.25) is 15.9 Å². The number of nitrogens with one attached hydrogen (secondary N) is 1. The number of nitrogens with two attached hydrogens (primary N) is 3. The molecule has 2 amide bonds. The molecular weight excluding hydrogens is 460 g/mol. The first-order chi connectivity index (χ1) is 16.0. The number of primary amides is 1. The van der Waals surface area contributed by atoms with E-state index in [-0.39, 0.29) is 21.7 Å². The second-order valence-corrected chi connectivity index (χ2v) is 8.73. The number of rotatable bonds is 7. The molecule has 0 aliphatic carbocycles. The fraction of sp³-hybridized carbons (Fsp3) is 0. The van der Waals surface area contributed by atoms with Gasteiger partial charge >= 0.3 is 5.97 Å². The van der Waals surface area contributed by atoms with Gasteiger partial charge in [-0.3, -0.25) is 9.59 Å². The van der Waals surface area contributed by atoms with E-state index in [1.54, 1.807) is 6.07 Å². The number of benzene rings is 3. The number of carboxylic acids is 1. The Kier molecular flexibility index (Phi) is 6.80. The molecule has 0 heterocycles. The van der Waals surface area contributed by atoms with Gasteiger partial charge in [0.1, 0.15) is 0 Å². The summed E-state index contributed by atoms with van der Waals surface area (Å²) in [7, 11) is -3.88. The van der Waals surface area contributed by atoms with Crippen LogP contribution >= 0.6 is 0 Å². The Morgan fingerprint density at radius 3 is 2.09 bits per heavy atom. The van der Waals surface area contributed by atoms with Crippen LogP contribution in [0.1, 0.15) is 26.3 Å². The quantitative estimate of drug-likeness (QED) is 0.252. The van der Waals surface area contributed by atoms with Gasteiger partial charge in [-0.05, 0) is 65.7 Å². The molecule has 11 heteroatoms. The topological polar surface area (TPSA) is 196 Å². The molecule has 0 atom stereocenters. The maximum absolute atomic E-state index is 12.3. The van der Waals surface area contributed by atoms with Crippen molar-refractivity contribution in [1.82, 2.24) is 0 Å². The van der Waals surface area contributed by atoms with Gasteiger partial charge in [-0.2, -0.15) is 0 Å². The molecule has 0 saturated carbocycles. The number of nitrogen functional groups attached to an aromatic ring is 1. The van der Waals surface area contributed by atoms with Gasteiger partial charge in [0, 0.05) is 17.3 Å². The van der Waals surface area contributed by atoms with Crippen molar-refractivity contribution in [2.24, 2.45) is 10.9 Å². The van der Waals surface area contributed by atoms with Crippen LogP contribution in [0.5, 0.6) is 0 Å². The van der Waals surface area contributed by atoms with Crippen molar-refractivity contribution in [3.63, 3.8) is 0 Å². The first kappa shape index (κ1) is 24.2. The zero-order valence-corrected chi connectivity index (χ0v) is 18.4. The van der Waals surface area contributed by atoms with E-state index in [2.05, 4.69) is 5.32 Å². The highest BCUT2D eigenvalue weighted by Gasteiger charge is 2.15.